The Bertz CT molecular complexity index is 496. The molecule has 2 amide bonds. The molecular formula is C17H25N3O2. The first-order valence-electron chi connectivity index (χ1n) is 7.99. The zero-order chi connectivity index (χ0) is 15.8. The van der Waals surface area contributed by atoms with Crippen molar-refractivity contribution >= 4 is 11.8 Å². The molecule has 0 spiro atoms. The average molecular weight is 303 g/mol. The number of hydrogen-bond donors (Lipinski definition) is 3. The lowest BCUT2D eigenvalue weighted by atomic mass is 9.97. The van der Waals surface area contributed by atoms with Crippen LogP contribution in [0, 0.1) is 0 Å². The first-order valence-corrected chi connectivity index (χ1v) is 7.99. The quantitative estimate of drug-likeness (QED) is 0.669. The SMILES string of the molecule is NCC1(NC(=O)CCCNC(=O)c2ccccc2)CCCC1. The minimum atomic E-state index is -0.190. The third kappa shape index (κ3) is 4.56. The van der Waals surface area contributed by atoms with Crippen LogP contribution in [0.4, 0.5) is 0 Å². The maximum Gasteiger partial charge on any atom is 0.251 e. The molecule has 0 heterocycles. The number of benzene rings is 1. The van der Waals surface area contributed by atoms with Crippen molar-refractivity contribution in [3.63, 3.8) is 0 Å². The van der Waals surface area contributed by atoms with Crippen LogP contribution in [0.3, 0.4) is 0 Å². The molecule has 1 aromatic rings. The number of nitrogens with two attached hydrogens (primary N) is 1. The molecule has 0 radical (unpaired) electrons. The predicted octanol–water partition coefficient (Wildman–Crippen LogP) is 1.58. The Kier molecular flexibility index (Phi) is 5.95. The molecule has 22 heavy (non-hydrogen) atoms. The van der Waals surface area contributed by atoms with Crippen molar-refractivity contribution in [2.45, 2.75) is 44.1 Å². The molecule has 0 saturated heterocycles. The van der Waals surface area contributed by atoms with Gasteiger partial charge in [-0.1, -0.05) is 31.0 Å². The lowest BCUT2D eigenvalue weighted by Gasteiger charge is -2.28. The fraction of sp³-hybridized carbons (Fsp3) is 0.529. The molecule has 0 atom stereocenters. The lowest BCUT2D eigenvalue weighted by molar-refractivity contribution is -0.123. The molecule has 1 saturated carbocycles. The lowest BCUT2D eigenvalue weighted by Crippen LogP contribution is -2.51. The van der Waals surface area contributed by atoms with Crippen LogP contribution in [0.1, 0.15) is 48.9 Å². The fourth-order valence-electron chi connectivity index (χ4n) is 2.93. The standard InChI is InChI=1S/C17H25N3O2/c18-13-17(10-4-5-11-17)20-15(21)9-6-12-19-16(22)14-7-2-1-3-8-14/h1-3,7-8H,4-6,9-13,18H2,(H,19,22)(H,20,21). The second-order valence-corrected chi connectivity index (χ2v) is 5.97. The zero-order valence-electron chi connectivity index (χ0n) is 12.9. The van der Waals surface area contributed by atoms with Crippen molar-refractivity contribution in [2.75, 3.05) is 13.1 Å². The highest BCUT2D eigenvalue weighted by molar-refractivity contribution is 5.94. The van der Waals surface area contributed by atoms with E-state index < -0.39 is 0 Å². The largest absolute Gasteiger partial charge is 0.352 e. The van der Waals surface area contributed by atoms with E-state index in [4.69, 9.17) is 5.73 Å². The first kappa shape index (κ1) is 16.5. The van der Waals surface area contributed by atoms with Crippen molar-refractivity contribution in [3.8, 4) is 0 Å². The van der Waals surface area contributed by atoms with Gasteiger partial charge in [-0.3, -0.25) is 9.59 Å². The highest BCUT2D eigenvalue weighted by atomic mass is 16.2. The summed E-state index contributed by atoms with van der Waals surface area (Å²) < 4.78 is 0. The number of nitrogens with one attached hydrogen (secondary N) is 2. The van der Waals surface area contributed by atoms with Crippen LogP contribution in [0.5, 0.6) is 0 Å². The van der Waals surface area contributed by atoms with Crippen LogP contribution in [0.15, 0.2) is 30.3 Å². The smallest absolute Gasteiger partial charge is 0.251 e. The molecule has 2 rings (SSSR count). The minimum Gasteiger partial charge on any atom is -0.352 e. The third-order valence-electron chi connectivity index (χ3n) is 4.26. The van der Waals surface area contributed by atoms with Gasteiger partial charge in [0.1, 0.15) is 0 Å². The van der Waals surface area contributed by atoms with Gasteiger partial charge in [0.15, 0.2) is 0 Å². The van der Waals surface area contributed by atoms with Crippen LogP contribution in [0.25, 0.3) is 0 Å². The summed E-state index contributed by atoms with van der Waals surface area (Å²) in [5.41, 5.74) is 6.25. The molecule has 0 aliphatic heterocycles. The normalized spacial score (nSPS) is 16.2. The van der Waals surface area contributed by atoms with Gasteiger partial charge in [-0.15, -0.1) is 0 Å². The Balaban J connectivity index is 1.66. The zero-order valence-corrected chi connectivity index (χ0v) is 12.9. The number of carbonyl (C=O) groups excluding carboxylic acids is 2. The summed E-state index contributed by atoms with van der Waals surface area (Å²) in [5, 5.41) is 5.91. The maximum absolute atomic E-state index is 12.0. The first-order chi connectivity index (χ1) is 10.7. The second kappa shape index (κ2) is 7.94. The summed E-state index contributed by atoms with van der Waals surface area (Å²) in [6.45, 7) is 1.00. The van der Waals surface area contributed by atoms with Gasteiger partial charge in [-0.2, -0.15) is 0 Å². The maximum atomic E-state index is 12.0. The highest BCUT2D eigenvalue weighted by Crippen LogP contribution is 2.28. The van der Waals surface area contributed by atoms with Crippen molar-refractivity contribution in [1.82, 2.24) is 10.6 Å². The van der Waals surface area contributed by atoms with Crippen molar-refractivity contribution in [3.05, 3.63) is 35.9 Å². The van der Waals surface area contributed by atoms with Crippen LogP contribution in [0.2, 0.25) is 0 Å². The molecule has 0 aromatic heterocycles. The van der Waals surface area contributed by atoms with E-state index in [0.29, 0.717) is 31.5 Å². The van der Waals surface area contributed by atoms with E-state index in [1.807, 2.05) is 18.2 Å². The molecule has 1 aliphatic rings. The summed E-state index contributed by atoms with van der Waals surface area (Å²) in [5.74, 6) is -0.0726. The molecule has 0 unspecified atom stereocenters. The van der Waals surface area contributed by atoms with Gasteiger partial charge in [-0.05, 0) is 31.4 Å². The highest BCUT2D eigenvalue weighted by Gasteiger charge is 2.33. The summed E-state index contributed by atoms with van der Waals surface area (Å²) in [6.07, 6.45) is 5.25. The molecule has 1 aromatic carbocycles. The van der Waals surface area contributed by atoms with Gasteiger partial charge < -0.3 is 16.4 Å². The Labute approximate surface area is 131 Å². The van der Waals surface area contributed by atoms with Gasteiger partial charge in [0.25, 0.3) is 5.91 Å². The van der Waals surface area contributed by atoms with Crippen molar-refractivity contribution in [1.29, 1.82) is 0 Å². The second-order valence-electron chi connectivity index (χ2n) is 5.97. The molecule has 5 heteroatoms. The molecule has 1 fully saturated rings. The van der Waals surface area contributed by atoms with E-state index in [9.17, 15) is 9.59 Å². The topological polar surface area (TPSA) is 84.2 Å². The number of carbonyl (C=O) groups is 2. The monoisotopic (exact) mass is 303 g/mol. The van der Waals surface area contributed by atoms with Gasteiger partial charge in [0.05, 0.1) is 5.54 Å². The van der Waals surface area contributed by atoms with Crippen LogP contribution in [-0.2, 0) is 4.79 Å². The molecule has 1 aliphatic carbocycles. The van der Waals surface area contributed by atoms with Gasteiger partial charge in [-0.25, -0.2) is 0 Å². The summed E-state index contributed by atoms with van der Waals surface area (Å²) in [7, 11) is 0. The molecule has 120 valence electrons. The average Bonchev–Trinajstić information content (AvgIpc) is 3.01. The fourth-order valence-corrected chi connectivity index (χ4v) is 2.93. The predicted molar refractivity (Wildman–Crippen MR) is 86.4 cm³/mol. The Hall–Kier alpha value is -1.88. The number of hydrogen-bond acceptors (Lipinski definition) is 3. The van der Waals surface area contributed by atoms with Crippen molar-refractivity contribution < 1.29 is 9.59 Å². The summed E-state index contributed by atoms with van der Waals surface area (Å²) in [4.78, 5) is 23.8. The molecule has 4 N–H and O–H groups in total. The molecule has 0 bridgehead atoms. The Morgan fingerprint density at radius 2 is 1.82 bits per heavy atom. The van der Waals surface area contributed by atoms with Crippen molar-refractivity contribution in [2.24, 2.45) is 5.73 Å². The Morgan fingerprint density at radius 1 is 1.14 bits per heavy atom. The Morgan fingerprint density at radius 3 is 2.45 bits per heavy atom. The van der Waals surface area contributed by atoms with Crippen LogP contribution in [-0.4, -0.2) is 30.4 Å². The van der Waals surface area contributed by atoms with E-state index in [2.05, 4.69) is 10.6 Å². The summed E-state index contributed by atoms with van der Waals surface area (Å²) in [6, 6.07) is 9.07. The van der Waals surface area contributed by atoms with E-state index in [1.165, 1.54) is 0 Å². The minimum absolute atomic E-state index is 0.0290. The van der Waals surface area contributed by atoms with Crippen LogP contribution >= 0.6 is 0 Å². The molecular weight excluding hydrogens is 278 g/mol. The van der Waals surface area contributed by atoms with Gasteiger partial charge in [0, 0.05) is 25.1 Å². The van der Waals surface area contributed by atoms with Gasteiger partial charge in [0.2, 0.25) is 5.91 Å². The van der Waals surface area contributed by atoms with Gasteiger partial charge >= 0.3 is 0 Å². The van der Waals surface area contributed by atoms with E-state index in [-0.39, 0.29) is 17.4 Å². The number of amides is 2. The summed E-state index contributed by atoms with van der Waals surface area (Å²) >= 11 is 0. The van der Waals surface area contributed by atoms with E-state index in [1.54, 1.807) is 12.1 Å². The third-order valence-corrected chi connectivity index (χ3v) is 4.26. The van der Waals surface area contributed by atoms with E-state index >= 15 is 0 Å². The number of rotatable bonds is 7. The molecule has 5 nitrogen and oxygen atoms in total. The van der Waals surface area contributed by atoms with E-state index in [0.717, 1.165) is 25.7 Å². The van der Waals surface area contributed by atoms with Crippen LogP contribution < -0.4 is 16.4 Å².